The summed E-state index contributed by atoms with van der Waals surface area (Å²) in [6, 6.07) is 9.40. The van der Waals surface area contributed by atoms with Crippen molar-refractivity contribution in [3.8, 4) is 5.88 Å². The summed E-state index contributed by atoms with van der Waals surface area (Å²) >= 11 is 5.93. The van der Waals surface area contributed by atoms with E-state index in [4.69, 9.17) is 16.3 Å². The zero-order valence-corrected chi connectivity index (χ0v) is 11.7. The summed E-state index contributed by atoms with van der Waals surface area (Å²) in [5.41, 5.74) is 1.08. The van der Waals surface area contributed by atoms with Gasteiger partial charge in [-0.25, -0.2) is 4.98 Å². The Morgan fingerprint density at radius 3 is 2.89 bits per heavy atom. The number of halogens is 1. The van der Waals surface area contributed by atoms with Crippen molar-refractivity contribution in [2.75, 3.05) is 5.32 Å². The van der Waals surface area contributed by atoms with Crippen LogP contribution in [0.2, 0.25) is 5.02 Å². The minimum absolute atomic E-state index is 0.0932. The van der Waals surface area contributed by atoms with Crippen LogP contribution in [0.4, 0.5) is 5.95 Å². The summed E-state index contributed by atoms with van der Waals surface area (Å²) in [5, 5.41) is 3.86. The molecule has 100 valence electrons. The van der Waals surface area contributed by atoms with Gasteiger partial charge in [0.25, 0.3) is 0 Å². The lowest BCUT2D eigenvalue weighted by Gasteiger charge is -2.10. The van der Waals surface area contributed by atoms with Gasteiger partial charge in [0, 0.05) is 23.8 Å². The Morgan fingerprint density at radius 1 is 1.32 bits per heavy atom. The topological polar surface area (TPSA) is 47.0 Å². The van der Waals surface area contributed by atoms with Crippen LogP contribution >= 0.6 is 11.6 Å². The van der Waals surface area contributed by atoms with Gasteiger partial charge in [-0.15, -0.1) is 0 Å². The molecule has 5 heteroatoms. The van der Waals surface area contributed by atoms with Crippen molar-refractivity contribution in [2.45, 2.75) is 26.5 Å². The van der Waals surface area contributed by atoms with Crippen LogP contribution in [0.5, 0.6) is 5.88 Å². The SMILES string of the molecule is CC(C)Oc1ccnc(NCc2cccc(Cl)c2)n1. The first kappa shape index (κ1) is 13.6. The predicted molar refractivity (Wildman–Crippen MR) is 76.6 cm³/mol. The number of nitrogens with zero attached hydrogens (tertiary/aromatic N) is 2. The zero-order chi connectivity index (χ0) is 13.7. The van der Waals surface area contributed by atoms with Crippen molar-refractivity contribution in [1.29, 1.82) is 0 Å². The number of rotatable bonds is 5. The highest BCUT2D eigenvalue weighted by atomic mass is 35.5. The lowest BCUT2D eigenvalue weighted by atomic mass is 10.2. The molecule has 0 aliphatic heterocycles. The number of nitrogens with one attached hydrogen (secondary N) is 1. The third-order valence-corrected chi connectivity index (χ3v) is 2.56. The molecule has 0 saturated heterocycles. The van der Waals surface area contributed by atoms with E-state index in [0.717, 1.165) is 10.6 Å². The Balaban J connectivity index is 1.99. The molecule has 1 aromatic heterocycles. The minimum atomic E-state index is 0.0932. The molecule has 19 heavy (non-hydrogen) atoms. The fraction of sp³-hybridized carbons (Fsp3) is 0.286. The molecule has 4 nitrogen and oxygen atoms in total. The predicted octanol–water partition coefficient (Wildman–Crippen LogP) is 3.53. The van der Waals surface area contributed by atoms with Crippen molar-refractivity contribution in [2.24, 2.45) is 0 Å². The average Bonchev–Trinajstić information content (AvgIpc) is 2.36. The van der Waals surface area contributed by atoms with E-state index in [9.17, 15) is 0 Å². The van der Waals surface area contributed by atoms with E-state index in [1.807, 2.05) is 38.1 Å². The van der Waals surface area contributed by atoms with E-state index in [2.05, 4.69) is 15.3 Å². The molecule has 2 aromatic rings. The zero-order valence-electron chi connectivity index (χ0n) is 10.9. The van der Waals surface area contributed by atoms with Gasteiger partial charge in [-0.3, -0.25) is 0 Å². The van der Waals surface area contributed by atoms with Crippen LogP contribution in [0.25, 0.3) is 0 Å². The first-order chi connectivity index (χ1) is 9.13. The van der Waals surface area contributed by atoms with Crippen LogP contribution in [0, 0.1) is 0 Å². The van der Waals surface area contributed by atoms with Crippen molar-refractivity contribution < 1.29 is 4.74 Å². The van der Waals surface area contributed by atoms with Gasteiger partial charge in [0.05, 0.1) is 6.10 Å². The van der Waals surface area contributed by atoms with Crippen LogP contribution in [0.15, 0.2) is 36.5 Å². The molecule has 1 N–H and O–H groups in total. The van der Waals surface area contributed by atoms with E-state index < -0.39 is 0 Å². The van der Waals surface area contributed by atoms with Gasteiger partial charge in [0.2, 0.25) is 11.8 Å². The monoisotopic (exact) mass is 277 g/mol. The number of anilines is 1. The summed E-state index contributed by atoms with van der Waals surface area (Å²) < 4.78 is 5.51. The van der Waals surface area contributed by atoms with Gasteiger partial charge in [0.1, 0.15) is 0 Å². The Labute approximate surface area is 117 Å². The molecule has 0 fully saturated rings. The summed E-state index contributed by atoms with van der Waals surface area (Å²) in [4.78, 5) is 8.42. The quantitative estimate of drug-likeness (QED) is 0.908. The number of hydrogen-bond acceptors (Lipinski definition) is 4. The Kier molecular flexibility index (Phi) is 4.58. The Bertz CT molecular complexity index is 546. The average molecular weight is 278 g/mol. The number of ether oxygens (including phenoxy) is 1. The molecule has 1 aromatic carbocycles. The molecule has 0 radical (unpaired) electrons. The van der Waals surface area contributed by atoms with Gasteiger partial charge in [-0.1, -0.05) is 23.7 Å². The standard InChI is InChI=1S/C14H16ClN3O/c1-10(2)19-13-6-7-16-14(18-13)17-9-11-4-3-5-12(15)8-11/h3-8,10H,9H2,1-2H3,(H,16,17,18). The van der Waals surface area contributed by atoms with Gasteiger partial charge >= 0.3 is 0 Å². The molecule has 1 heterocycles. The molecule has 0 aliphatic rings. The van der Waals surface area contributed by atoms with Crippen LogP contribution in [-0.2, 0) is 6.54 Å². The minimum Gasteiger partial charge on any atom is -0.475 e. The van der Waals surface area contributed by atoms with Crippen LogP contribution in [0.3, 0.4) is 0 Å². The van der Waals surface area contributed by atoms with Gasteiger partial charge in [-0.2, -0.15) is 4.98 Å². The Morgan fingerprint density at radius 2 is 2.16 bits per heavy atom. The highest BCUT2D eigenvalue weighted by Gasteiger charge is 2.02. The third-order valence-electron chi connectivity index (χ3n) is 2.33. The number of hydrogen-bond donors (Lipinski definition) is 1. The molecular weight excluding hydrogens is 262 g/mol. The fourth-order valence-corrected chi connectivity index (χ4v) is 1.78. The molecular formula is C14H16ClN3O. The van der Waals surface area contributed by atoms with E-state index in [1.165, 1.54) is 0 Å². The van der Waals surface area contributed by atoms with E-state index in [1.54, 1.807) is 12.3 Å². The first-order valence-electron chi connectivity index (χ1n) is 6.11. The highest BCUT2D eigenvalue weighted by Crippen LogP contribution is 2.13. The molecule has 0 atom stereocenters. The van der Waals surface area contributed by atoms with Crippen LogP contribution in [-0.4, -0.2) is 16.1 Å². The van der Waals surface area contributed by atoms with Gasteiger partial charge < -0.3 is 10.1 Å². The molecule has 0 saturated carbocycles. The second-order valence-electron chi connectivity index (χ2n) is 4.37. The maximum atomic E-state index is 5.93. The highest BCUT2D eigenvalue weighted by molar-refractivity contribution is 6.30. The number of aromatic nitrogens is 2. The fourth-order valence-electron chi connectivity index (χ4n) is 1.56. The van der Waals surface area contributed by atoms with Gasteiger partial charge in [0.15, 0.2) is 0 Å². The normalized spacial score (nSPS) is 10.5. The summed E-state index contributed by atoms with van der Waals surface area (Å²) in [5.74, 6) is 1.11. The first-order valence-corrected chi connectivity index (χ1v) is 6.49. The van der Waals surface area contributed by atoms with Crippen LogP contribution in [0.1, 0.15) is 19.4 Å². The molecule has 0 amide bonds. The molecule has 0 aliphatic carbocycles. The van der Waals surface area contributed by atoms with Crippen LogP contribution < -0.4 is 10.1 Å². The molecule has 0 bridgehead atoms. The van der Waals surface area contributed by atoms with E-state index in [-0.39, 0.29) is 6.10 Å². The van der Waals surface area contributed by atoms with Crippen molar-refractivity contribution in [1.82, 2.24) is 9.97 Å². The van der Waals surface area contributed by atoms with Gasteiger partial charge in [-0.05, 0) is 31.5 Å². The second kappa shape index (κ2) is 6.38. The lowest BCUT2D eigenvalue weighted by molar-refractivity contribution is 0.232. The maximum absolute atomic E-state index is 5.93. The van der Waals surface area contributed by atoms with E-state index in [0.29, 0.717) is 18.4 Å². The summed E-state index contributed by atoms with van der Waals surface area (Å²) in [6.45, 7) is 4.54. The largest absolute Gasteiger partial charge is 0.475 e. The van der Waals surface area contributed by atoms with Crippen molar-refractivity contribution in [3.05, 3.63) is 47.1 Å². The van der Waals surface area contributed by atoms with Crippen molar-refractivity contribution in [3.63, 3.8) is 0 Å². The molecule has 2 rings (SSSR count). The third kappa shape index (κ3) is 4.41. The Hall–Kier alpha value is -1.81. The number of benzene rings is 1. The smallest absolute Gasteiger partial charge is 0.226 e. The molecule has 0 unspecified atom stereocenters. The molecule has 0 spiro atoms. The van der Waals surface area contributed by atoms with E-state index >= 15 is 0 Å². The summed E-state index contributed by atoms with van der Waals surface area (Å²) in [6.07, 6.45) is 1.76. The summed E-state index contributed by atoms with van der Waals surface area (Å²) in [7, 11) is 0. The maximum Gasteiger partial charge on any atom is 0.226 e. The van der Waals surface area contributed by atoms with Crippen molar-refractivity contribution >= 4 is 17.5 Å². The lowest BCUT2D eigenvalue weighted by Crippen LogP contribution is -2.09. The second-order valence-corrected chi connectivity index (χ2v) is 4.81.